The fourth-order valence-electron chi connectivity index (χ4n) is 4.25. The van der Waals surface area contributed by atoms with Crippen molar-refractivity contribution in [3.05, 3.63) is 59.7 Å². The third kappa shape index (κ3) is 4.97. The minimum absolute atomic E-state index is 0.110. The number of para-hydroxylation sites is 1. The van der Waals surface area contributed by atoms with Crippen LogP contribution in [0.4, 0.5) is 5.69 Å². The van der Waals surface area contributed by atoms with Crippen LogP contribution in [0.3, 0.4) is 0 Å². The molecule has 4 rings (SSSR count). The molecule has 1 fully saturated rings. The van der Waals surface area contributed by atoms with E-state index in [1.54, 1.807) is 18.2 Å². The van der Waals surface area contributed by atoms with Crippen LogP contribution in [0.2, 0.25) is 0 Å². The molecule has 0 aromatic heterocycles. The lowest BCUT2D eigenvalue weighted by molar-refractivity contribution is -0.128. The highest BCUT2D eigenvalue weighted by Gasteiger charge is 2.32. The fraction of sp³-hybridized carbons (Fsp3) is 0.391. The van der Waals surface area contributed by atoms with Crippen LogP contribution in [0.5, 0.6) is 0 Å². The molecule has 31 heavy (non-hydrogen) atoms. The number of carbonyl (C=O) groups excluding carboxylic acids is 2. The van der Waals surface area contributed by atoms with E-state index < -0.39 is 10.0 Å². The van der Waals surface area contributed by atoms with Crippen LogP contribution in [0.15, 0.2) is 53.4 Å². The predicted molar refractivity (Wildman–Crippen MR) is 118 cm³/mol. The Morgan fingerprint density at radius 3 is 2.42 bits per heavy atom. The lowest BCUT2D eigenvalue weighted by Gasteiger charge is -2.30. The van der Waals surface area contributed by atoms with Crippen molar-refractivity contribution >= 4 is 27.5 Å². The highest BCUT2D eigenvalue weighted by molar-refractivity contribution is 7.89. The maximum Gasteiger partial charge on any atom is 0.243 e. The standard InChI is InChI=1S/C23H27N3O4S/c27-22(25-20-7-2-1-3-8-20)16-24-23(28)18-11-13-26(14-12-18)31(29,30)21-10-9-17-5-4-6-19(17)15-21/h1-3,7-10,15,18H,4-6,11-14,16H2,(H,24,28)(H,25,27). The lowest BCUT2D eigenvalue weighted by Crippen LogP contribution is -2.44. The van der Waals surface area contributed by atoms with E-state index in [9.17, 15) is 18.0 Å². The van der Waals surface area contributed by atoms with Crippen molar-refractivity contribution in [3.8, 4) is 0 Å². The molecule has 1 aliphatic carbocycles. The minimum atomic E-state index is -3.56. The second-order valence-corrected chi connectivity index (χ2v) is 10.0. The highest BCUT2D eigenvalue weighted by atomic mass is 32.2. The summed E-state index contributed by atoms with van der Waals surface area (Å²) in [7, 11) is -3.56. The van der Waals surface area contributed by atoms with E-state index in [-0.39, 0.29) is 24.3 Å². The topological polar surface area (TPSA) is 95.6 Å². The molecule has 2 aromatic carbocycles. The second kappa shape index (κ2) is 9.20. The molecule has 8 heteroatoms. The van der Waals surface area contributed by atoms with Gasteiger partial charge in [0, 0.05) is 24.7 Å². The first-order valence-corrected chi connectivity index (χ1v) is 12.1. The third-order valence-electron chi connectivity index (χ3n) is 6.01. The number of carbonyl (C=O) groups is 2. The zero-order valence-corrected chi connectivity index (χ0v) is 18.2. The summed E-state index contributed by atoms with van der Waals surface area (Å²) in [5, 5.41) is 5.39. The Bertz CT molecular complexity index is 1060. The number of anilines is 1. The molecule has 1 aliphatic heterocycles. The molecule has 0 bridgehead atoms. The van der Waals surface area contributed by atoms with E-state index >= 15 is 0 Å². The molecule has 1 saturated heterocycles. The zero-order valence-electron chi connectivity index (χ0n) is 17.3. The van der Waals surface area contributed by atoms with Gasteiger partial charge in [0.15, 0.2) is 0 Å². The molecule has 2 amide bonds. The number of sulfonamides is 1. The summed E-state index contributed by atoms with van der Waals surface area (Å²) in [6.45, 7) is 0.489. The predicted octanol–water partition coefficient (Wildman–Crippen LogP) is 2.33. The van der Waals surface area contributed by atoms with E-state index in [2.05, 4.69) is 10.6 Å². The average Bonchev–Trinajstić information content (AvgIpc) is 3.26. The Hall–Kier alpha value is -2.71. The first-order chi connectivity index (χ1) is 14.9. The van der Waals surface area contributed by atoms with Gasteiger partial charge in [-0.3, -0.25) is 9.59 Å². The van der Waals surface area contributed by atoms with Crippen molar-refractivity contribution in [1.29, 1.82) is 0 Å². The van der Waals surface area contributed by atoms with Gasteiger partial charge in [0.1, 0.15) is 0 Å². The van der Waals surface area contributed by atoms with Crippen molar-refractivity contribution < 1.29 is 18.0 Å². The van der Waals surface area contributed by atoms with Crippen molar-refractivity contribution in [3.63, 3.8) is 0 Å². The Balaban J connectivity index is 1.28. The van der Waals surface area contributed by atoms with E-state index in [1.807, 2.05) is 30.3 Å². The van der Waals surface area contributed by atoms with E-state index in [4.69, 9.17) is 0 Å². The average molecular weight is 442 g/mol. The van der Waals surface area contributed by atoms with Gasteiger partial charge in [0.2, 0.25) is 21.8 Å². The fourth-order valence-corrected chi connectivity index (χ4v) is 5.78. The van der Waals surface area contributed by atoms with Crippen molar-refractivity contribution in [2.45, 2.75) is 37.0 Å². The number of benzene rings is 2. The number of piperidine rings is 1. The molecule has 1 heterocycles. The van der Waals surface area contributed by atoms with Crippen LogP contribution in [0, 0.1) is 5.92 Å². The molecule has 2 aliphatic rings. The first kappa shape index (κ1) is 21.5. The van der Waals surface area contributed by atoms with E-state index in [1.165, 1.54) is 9.87 Å². The van der Waals surface area contributed by atoms with Gasteiger partial charge >= 0.3 is 0 Å². The number of rotatable bonds is 6. The van der Waals surface area contributed by atoms with Gasteiger partial charge < -0.3 is 10.6 Å². The Kier molecular flexibility index (Phi) is 6.38. The van der Waals surface area contributed by atoms with E-state index in [0.717, 1.165) is 24.8 Å². The van der Waals surface area contributed by atoms with Gasteiger partial charge in [0.05, 0.1) is 11.4 Å². The van der Waals surface area contributed by atoms with Gasteiger partial charge in [-0.25, -0.2) is 8.42 Å². The molecule has 0 saturated carbocycles. The maximum absolute atomic E-state index is 13.0. The van der Waals surface area contributed by atoms with Crippen LogP contribution >= 0.6 is 0 Å². The summed E-state index contributed by atoms with van der Waals surface area (Å²) in [6, 6.07) is 14.5. The SMILES string of the molecule is O=C(CNC(=O)C1CCN(S(=O)(=O)c2ccc3c(c2)CCC3)CC1)Nc1ccccc1. The summed E-state index contributed by atoms with van der Waals surface area (Å²) >= 11 is 0. The number of aryl methyl sites for hydroxylation is 2. The number of hydrogen-bond donors (Lipinski definition) is 2. The summed E-state index contributed by atoms with van der Waals surface area (Å²) in [6.07, 6.45) is 3.90. The van der Waals surface area contributed by atoms with Crippen molar-refractivity contribution in [2.24, 2.45) is 5.92 Å². The van der Waals surface area contributed by atoms with Crippen LogP contribution in [-0.2, 0) is 32.5 Å². The molecule has 0 unspecified atom stereocenters. The summed E-state index contributed by atoms with van der Waals surface area (Å²) in [5.74, 6) is -0.801. The molecule has 2 N–H and O–H groups in total. The van der Waals surface area contributed by atoms with Gasteiger partial charge in [-0.1, -0.05) is 24.3 Å². The Morgan fingerprint density at radius 1 is 0.968 bits per heavy atom. The highest BCUT2D eigenvalue weighted by Crippen LogP contribution is 2.28. The summed E-state index contributed by atoms with van der Waals surface area (Å²) in [5.41, 5.74) is 3.04. The quantitative estimate of drug-likeness (QED) is 0.719. The van der Waals surface area contributed by atoms with Crippen LogP contribution in [0.25, 0.3) is 0 Å². The van der Waals surface area contributed by atoms with Crippen LogP contribution in [0.1, 0.15) is 30.4 Å². The molecular weight excluding hydrogens is 414 g/mol. The van der Waals surface area contributed by atoms with Crippen molar-refractivity contribution in [2.75, 3.05) is 25.0 Å². The minimum Gasteiger partial charge on any atom is -0.347 e. The Morgan fingerprint density at radius 2 is 1.68 bits per heavy atom. The molecule has 2 aromatic rings. The molecule has 164 valence electrons. The Labute approximate surface area is 182 Å². The maximum atomic E-state index is 13.0. The second-order valence-electron chi connectivity index (χ2n) is 8.09. The number of nitrogens with zero attached hydrogens (tertiary/aromatic N) is 1. The lowest BCUT2D eigenvalue weighted by atomic mass is 9.97. The third-order valence-corrected chi connectivity index (χ3v) is 7.91. The molecular formula is C23H27N3O4S. The normalized spacial score (nSPS) is 17.2. The van der Waals surface area contributed by atoms with E-state index in [0.29, 0.717) is 36.5 Å². The summed E-state index contributed by atoms with van der Waals surface area (Å²) < 4.78 is 27.5. The largest absolute Gasteiger partial charge is 0.347 e. The number of fused-ring (bicyclic) bond motifs is 1. The molecule has 0 spiro atoms. The van der Waals surface area contributed by atoms with Crippen LogP contribution in [-0.4, -0.2) is 44.2 Å². The molecule has 0 radical (unpaired) electrons. The monoisotopic (exact) mass is 441 g/mol. The smallest absolute Gasteiger partial charge is 0.243 e. The zero-order chi connectivity index (χ0) is 21.8. The van der Waals surface area contributed by atoms with Crippen molar-refractivity contribution in [1.82, 2.24) is 9.62 Å². The van der Waals surface area contributed by atoms with Crippen LogP contribution < -0.4 is 10.6 Å². The van der Waals surface area contributed by atoms with Gasteiger partial charge in [-0.05, 0) is 67.5 Å². The molecule has 7 nitrogen and oxygen atoms in total. The number of hydrogen-bond acceptors (Lipinski definition) is 4. The molecule has 0 atom stereocenters. The van der Waals surface area contributed by atoms with Gasteiger partial charge in [-0.2, -0.15) is 4.31 Å². The number of nitrogens with one attached hydrogen (secondary N) is 2. The first-order valence-electron chi connectivity index (χ1n) is 10.7. The van der Waals surface area contributed by atoms with Gasteiger partial charge in [-0.15, -0.1) is 0 Å². The summed E-state index contributed by atoms with van der Waals surface area (Å²) in [4.78, 5) is 24.8. The van der Waals surface area contributed by atoms with Gasteiger partial charge in [0.25, 0.3) is 0 Å². The number of amides is 2.